The smallest absolute Gasteiger partial charge is 0.251 e. The summed E-state index contributed by atoms with van der Waals surface area (Å²) in [4.78, 5) is 26.1. The van der Waals surface area contributed by atoms with Crippen LogP contribution in [0.15, 0.2) is 35.5 Å². The van der Waals surface area contributed by atoms with Crippen LogP contribution in [0.1, 0.15) is 48.0 Å². The molecule has 4 rings (SSSR count). The second-order valence-electron chi connectivity index (χ2n) is 8.17. The molecule has 31 heavy (non-hydrogen) atoms. The van der Waals surface area contributed by atoms with Crippen LogP contribution in [0.2, 0.25) is 5.15 Å². The second kappa shape index (κ2) is 11.2. The van der Waals surface area contributed by atoms with E-state index in [9.17, 15) is 4.79 Å². The monoisotopic (exact) mass is 459 g/mol. The summed E-state index contributed by atoms with van der Waals surface area (Å²) in [5.74, 6) is 1.64. The van der Waals surface area contributed by atoms with Crippen LogP contribution in [-0.2, 0) is 5.75 Å². The van der Waals surface area contributed by atoms with Crippen molar-refractivity contribution >= 4 is 35.1 Å². The number of nitrogens with one attached hydrogen (secondary N) is 1. The van der Waals surface area contributed by atoms with Crippen LogP contribution in [-0.4, -0.2) is 60.0 Å². The minimum Gasteiger partial charge on any atom is -0.356 e. The van der Waals surface area contributed by atoms with E-state index >= 15 is 0 Å². The van der Waals surface area contributed by atoms with Crippen LogP contribution in [0.3, 0.4) is 0 Å². The molecular formula is C23H30ClN5OS. The Balaban J connectivity index is 1.26. The molecule has 8 heteroatoms. The van der Waals surface area contributed by atoms with Gasteiger partial charge in [0.15, 0.2) is 5.16 Å². The molecule has 1 amide bonds. The van der Waals surface area contributed by atoms with E-state index < -0.39 is 0 Å². The Kier molecular flexibility index (Phi) is 8.05. The van der Waals surface area contributed by atoms with Crippen molar-refractivity contribution in [3.8, 4) is 0 Å². The number of piperidine rings is 1. The normalized spacial score (nSPS) is 17.1. The minimum atomic E-state index is -0.00959. The topological polar surface area (TPSA) is 61.4 Å². The number of amides is 1. The van der Waals surface area contributed by atoms with Gasteiger partial charge >= 0.3 is 0 Å². The molecular weight excluding hydrogens is 430 g/mol. The highest BCUT2D eigenvalue weighted by atomic mass is 35.5. The number of hydrogen-bond acceptors (Lipinski definition) is 6. The molecule has 1 aromatic heterocycles. The summed E-state index contributed by atoms with van der Waals surface area (Å²) in [5.41, 5.74) is 1.82. The van der Waals surface area contributed by atoms with Gasteiger partial charge in [0.05, 0.1) is 0 Å². The van der Waals surface area contributed by atoms with E-state index in [4.69, 9.17) is 11.6 Å². The van der Waals surface area contributed by atoms with Crippen molar-refractivity contribution in [2.75, 3.05) is 44.2 Å². The number of rotatable bonds is 8. The Morgan fingerprint density at radius 1 is 1.00 bits per heavy atom. The molecule has 2 aliphatic heterocycles. The number of carbonyl (C=O) groups excluding carboxylic acids is 1. The number of thioether (sulfide) groups is 1. The van der Waals surface area contributed by atoms with Crippen molar-refractivity contribution in [2.24, 2.45) is 0 Å². The summed E-state index contributed by atoms with van der Waals surface area (Å²) in [7, 11) is 0. The average Bonchev–Trinajstić information content (AvgIpc) is 3.33. The van der Waals surface area contributed by atoms with Crippen molar-refractivity contribution in [1.29, 1.82) is 0 Å². The Labute approximate surface area is 193 Å². The lowest BCUT2D eigenvalue weighted by Gasteiger charge is -2.26. The first-order valence-corrected chi connectivity index (χ1v) is 12.6. The number of anilines is 1. The lowest BCUT2D eigenvalue weighted by Crippen LogP contribution is -2.37. The third kappa shape index (κ3) is 6.57. The molecule has 2 saturated heterocycles. The van der Waals surface area contributed by atoms with Crippen LogP contribution in [0.4, 0.5) is 5.82 Å². The molecule has 2 aromatic rings. The fourth-order valence-corrected chi connectivity index (χ4v) is 5.11. The molecule has 0 bridgehead atoms. The highest BCUT2D eigenvalue weighted by molar-refractivity contribution is 7.98. The SMILES string of the molecule is O=C(NCCN1CCCCC1)c1ccc(CSc2nc(Cl)cc(N3CCCC3)n2)cc1. The summed E-state index contributed by atoms with van der Waals surface area (Å²) < 4.78 is 0. The van der Waals surface area contributed by atoms with Crippen molar-refractivity contribution in [3.05, 3.63) is 46.6 Å². The lowest BCUT2D eigenvalue weighted by atomic mass is 10.1. The van der Waals surface area contributed by atoms with E-state index in [2.05, 4.69) is 25.1 Å². The Morgan fingerprint density at radius 2 is 1.71 bits per heavy atom. The fourth-order valence-electron chi connectivity index (χ4n) is 4.07. The molecule has 0 aliphatic carbocycles. The summed E-state index contributed by atoms with van der Waals surface area (Å²) in [6, 6.07) is 9.62. The molecule has 1 N–H and O–H groups in total. The van der Waals surface area contributed by atoms with E-state index in [0.29, 0.717) is 22.4 Å². The van der Waals surface area contributed by atoms with Crippen LogP contribution >= 0.6 is 23.4 Å². The first-order valence-electron chi connectivity index (χ1n) is 11.2. The van der Waals surface area contributed by atoms with Gasteiger partial charge < -0.3 is 15.1 Å². The molecule has 2 aliphatic rings. The first-order chi connectivity index (χ1) is 15.2. The maximum absolute atomic E-state index is 12.4. The van der Waals surface area contributed by atoms with Gasteiger partial charge in [-0.05, 0) is 56.5 Å². The zero-order chi connectivity index (χ0) is 21.5. The van der Waals surface area contributed by atoms with Crippen molar-refractivity contribution < 1.29 is 4.79 Å². The maximum atomic E-state index is 12.4. The van der Waals surface area contributed by atoms with Crippen molar-refractivity contribution in [1.82, 2.24) is 20.2 Å². The van der Waals surface area contributed by atoms with Gasteiger partial charge in [0.2, 0.25) is 0 Å². The lowest BCUT2D eigenvalue weighted by molar-refractivity contribution is 0.0946. The molecule has 0 saturated carbocycles. The maximum Gasteiger partial charge on any atom is 0.251 e. The van der Waals surface area contributed by atoms with Crippen molar-refractivity contribution in [2.45, 2.75) is 43.0 Å². The predicted molar refractivity (Wildman–Crippen MR) is 127 cm³/mol. The van der Waals surface area contributed by atoms with Gasteiger partial charge in [-0.1, -0.05) is 41.9 Å². The third-order valence-electron chi connectivity index (χ3n) is 5.84. The highest BCUT2D eigenvalue weighted by Crippen LogP contribution is 2.26. The van der Waals surface area contributed by atoms with Crippen molar-refractivity contribution in [3.63, 3.8) is 0 Å². The Bertz CT molecular complexity index is 867. The molecule has 6 nitrogen and oxygen atoms in total. The number of aromatic nitrogens is 2. The standard InChI is InChI=1S/C23H30ClN5OS/c24-20-16-21(29-13-4-5-14-29)27-23(26-20)31-17-18-6-8-19(9-7-18)22(30)25-10-15-28-11-2-1-3-12-28/h6-9,16H,1-5,10-15,17H2,(H,25,30). The fraction of sp³-hybridized carbons (Fsp3) is 0.522. The zero-order valence-electron chi connectivity index (χ0n) is 17.9. The second-order valence-corrected chi connectivity index (χ2v) is 9.50. The van der Waals surface area contributed by atoms with Gasteiger partial charge in [-0.3, -0.25) is 4.79 Å². The average molecular weight is 460 g/mol. The zero-order valence-corrected chi connectivity index (χ0v) is 19.4. The predicted octanol–water partition coefficient (Wildman–Crippen LogP) is 4.24. The van der Waals surface area contributed by atoms with E-state index in [1.807, 2.05) is 30.3 Å². The molecule has 0 unspecified atom stereocenters. The number of benzene rings is 1. The van der Waals surface area contributed by atoms with E-state index in [1.54, 1.807) is 11.8 Å². The van der Waals surface area contributed by atoms with Gasteiger partial charge in [-0.15, -0.1) is 0 Å². The molecule has 1 aromatic carbocycles. The molecule has 166 valence electrons. The van der Waals surface area contributed by atoms with Gasteiger partial charge in [0.1, 0.15) is 11.0 Å². The van der Waals surface area contributed by atoms with Gasteiger partial charge in [-0.25, -0.2) is 9.97 Å². The van der Waals surface area contributed by atoms with Crippen LogP contribution in [0.5, 0.6) is 0 Å². The van der Waals surface area contributed by atoms with Gasteiger partial charge in [-0.2, -0.15) is 0 Å². The van der Waals surface area contributed by atoms with Crippen LogP contribution < -0.4 is 10.2 Å². The number of likely N-dealkylation sites (tertiary alicyclic amines) is 1. The largest absolute Gasteiger partial charge is 0.356 e. The summed E-state index contributed by atoms with van der Waals surface area (Å²) in [6.45, 7) is 5.98. The molecule has 0 atom stereocenters. The third-order valence-corrected chi connectivity index (χ3v) is 6.95. The van der Waals surface area contributed by atoms with Gasteiger partial charge in [0, 0.05) is 43.6 Å². The minimum absolute atomic E-state index is 0.00959. The van der Waals surface area contributed by atoms with E-state index in [1.165, 1.54) is 32.1 Å². The quantitative estimate of drug-likeness (QED) is 0.362. The van der Waals surface area contributed by atoms with E-state index in [0.717, 1.165) is 49.9 Å². The van der Waals surface area contributed by atoms with E-state index in [-0.39, 0.29) is 5.91 Å². The number of hydrogen-bond donors (Lipinski definition) is 1. The molecule has 3 heterocycles. The number of halogens is 1. The molecule has 0 radical (unpaired) electrons. The van der Waals surface area contributed by atoms with Gasteiger partial charge in [0.25, 0.3) is 5.91 Å². The Morgan fingerprint density at radius 3 is 2.45 bits per heavy atom. The number of nitrogens with zero attached hydrogens (tertiary/aromatic N) is 4. The highest BCUT2D eigenvalue weighted by Gasteiger charge is 2.16. The summed E-state index contributed by atoms with van der Waals surface area (Å²) in [6.07, 6.45) is 6.27. The number of carbonyl (C=O) groups is 1. The summed E-state index contributed by atoms with van der Waals surface area (Å²) in [5, 5.41) is 4.21. The summed E-state index contributed by atoms with van der Waals surface area (Å²) >= 11 is 7.78. The van der Waals surface area contributed by atoms with Crippen LogP contribution in [0.25, 0.3) is 0 Å². The molecule has 2 fully saturated rings. The Hall–Kier alpha value is -1.83. The molecule has 0 spiro atoms. The van der Waals surface area contributed by atoms with Crippen LogP contribution in [0, 0.1) is 0 Å². The first kappa shape index (κ1) is 22.4.